The lowest BCUT2D eigenvalue weighted by atomic mass is 9.88. The molecule has 0 fully saturated rings. The summed E-state index contributed by atoms with van der Waals surface area (Å²) >= 11 is 3.46. The second-order valence-corrected chi connectivity index (χ2v) is 5.04. The lowest BCUT2D eigenvalue weighted by Gasteiger charge is -2.25. The molecule has 1 aliphatic carbocycles. The van der Waals surface area contributed by atoms with Gasteiger partial charge < -0.3 is 10.4 Å². The van der Waals surface area contributed by atoms with E-state index in [0.717, 1.165) is 23.7 Å². The van der Waals surface area contributed by atoms with Crippen LogP contribution in [0.4, 0.5) is 0 Å². The standard InChI is InChI=1S/C12H14BrNO2/c13-10-3-1-9-6-11(14-7-12(15)16)4-2-8(9)5-10/h1,3,5,11,14H,2,4,6-7H2,(H,15,16). The van der Waals surface area contributed by atoms with Gasteiger partial charge in [-0.2, -0.15) is 0 Å². The van der Waals surface area contributed by atoms with Gasteiger partial charge in [0.25, 0.3) is 0 Å². The maximum Gasteiger partial charge on any atom is 0.317 e. The van der Waals surface area contributed by atoms with Crippen molar-refractivity contribution >= 4 is 21.9 Å². The second kappa shape index (κ2) is 4.97. The number of nitrogens with one attached hydrogen (secondary N) is 1. The Balaban J connectivity index is 2.01. The fourth-order valence-electron chi connectivity index (χ4n) is 2.13. The Labute approximate surface area is 103 Å². The number of carboxylic acids is 1. The van der Waals surface area contributed by atoms with Gasteiger partial charge in [-0.25, -0.2) is 0 Å². The molecule has 86 valence electrons. The zero-order chi connectivity index (χ0) is 11.5. The average Bonchev–Trinajstić information content (AvgIpc) is 2.26. The zero-order valence-corrected chi connectivity index (χ0v) is 10.5. The molecule has 2 N–H and O–H groups in total. The van der Waals surface area contributed by atoms with Gasteiger partial charge in [0.05, 0.1) is 6.54 Å². The molecule has 0 aliphatic heterocycles. The van der Waals surface area contributed by atoms with Gasteiger partial charge >= 0.3 is 5.97 Å². The van der Waals surface area contributed by atoms with Crippen LogP contribution in [0.5, 0.6) is 0 Å². The van der Waals surface area contributed by atoms with Crippen LogP contribution in [0.2, 0.25) is 0 Å². The predicted molar refractivity (Wildman–Crippen MR) is 65.6 cm³/mol. The molecule has 0 bridgehead atoms. The minimum Gasteiger partial charge on any atom is -0.480 e. The Kier molecular flexibility index (Phi) is 3.61. The van der Waals surface area contributed by atoms with Gasteiger partial charge in [0.15, 0.2) is 0 Å². The van der Waals surface area contributed by atoms with Crippen LogP contribution >= 0.6 is 15.9 Å². The number of rotatable bonds is 3. The minimum absolute atomic E-state index is 0.0521. The van der Waals surface area contributed by atoms with E-state index in [1.165, 1.54) is 11.1 Å². The molecule has 4 heteroatoms. The summed E-state index contributed by atoms with van der Waals surface area (Å²) in [5.74, 6) is -0.790. The molecule has 16 heavy (non-hydrogen) atoms. The summed E-state index contributed by atoms with van der Waals surface area (Å²) in [7, 11) is 0. The summed E-state index contributed by atoms with van der Waals surface area (Å²) < 4.78 is 1.11. The summed E-state index contributed by atoms with van der Waals surface area (Å²) in [4.78, 5) is 10.5. The third-order valence-electron chi connectivity index (χ3n) is 2.94. The van der Waals surface area contributed by atoms with Crippen molar-refractivity contribution in [2.45, 2.75) is 25.3 Å². The van der Waals surface area contributed by atoms with Crippen molar-refractivity contribution in [1.82, 2.24) is 5.32 Å². The second-order valence-electron chi connectivity index (χ2n) is 4.13. The molecular formula is C12H14BrNO2. The predicted octanol–water partition coefficient (Wildman–Crippen LogP) is 1.98. The molecule has 3 nitrogen and oxygen atoms in total. The van der Waals surface area contributed by atoms with Crippen molar-refractivity contribution in [3.8, 4) is 0 Å². The molecule has 1 unspecified atom stereocenters. The van der Waals surface area contributed by atoms with Gasteiger partial charge in [-0.15, -0.1) is 0 Å². The molecule has 1 aromatic carbocycles. The first kappa shape index (κ1) is 11.6. The van der Waals surface area contributed by atoms with E-state index < -0.39 is 5.97 Å². The quantitative estimate of drug-likeness (QED) is 0.892. The summed E-state index contributed by atoms with van der Waals surface area (Å²) in [6, 6.07) is 6.61. The van der Waals surface area contributed by atoms with Crippen molar-refractivity contribution in [1.29, 1.82) is 0 Å². The fourth-order valence-corrected chi connectivity index (χ4v) is 2.54. The van der Waals surface area contributed by atoms with Crippen LogP contribution < -0.4 is 5.32 Å². The Bertz CT molecular complexity index is 406. The summed E-state index contributed by atoms with van der Waals surface area (Å²) in [5.41, 5.74) is 2.71. The van der Waals surface area contributed by atoms with Crippen LogP contribution in [-0.2, 0) is 17.6 Å². The molecule has 0 saturated heterocycles. The van der Waals surface area contributed by atoms with Crippen LogP contribution in [0.1, 0.15) is 17.5 Å². The third-order valence-corrected chi connectivity index (χ3v) is 3.43. The highest BCUT2D eigenvalue weighted by Crippen LogP contribution is 2.24. The molecule has 0 heterocycles. The number of carbonyl (C=O) groups is 1. The van der Waals surface area contributed by atoms with Crippen molar-refractivity contribution < 1.29 is 9.90 Å². The maximum absolute atomic E-state index is 10.5. The van der Waals surface area contributed by atoms with E-state index >= 15 is 0 Å². The Morgan fingerprint density at radius 3 is 3.06 bits per heavy atom. The highest BCUT2D eigenvalue weighted by atomic mass is 79.9. The van der Waals surface area contributed by atoms with Crippen molar-refractivity contribution in [2.24, 2.45) is 0 Å². The van der Waals surface area contributed by atoms with Crippen LogP contribution in [0.3, 0.4) is 0 Å². The first-order chi connectivity index (χ1) is 7.65. The van der Waals surface area contributed by atoms with Crippen molar-refractivity contribution in [3.63, 3.8) is 0 Å². The van der Waals surface area contributed by atoms with Crippen LogP contribution in [-0.4, -0.2) is 23.7 Å². The van der Waals surface area contributed by atoms with E-state index in [4.69, 9.17) is 5.11 Å². The fraction of sp³-hybridized carbons (Fsp3) is 0.417. The SMILES string of the molecule is O=C(O)CNC1CCc2cc(Br)ccc2C1. The number of hydrogen-bond donors (Lipinski definition) is 2. The number of benzene rings is 1. The highest BCUT2D eigenvalue weighted by molar-refractivity contribution is 9.10. The molecule has 0 saturated carbocycles. The normalized spacial score (nSPS) is 19.2. The van der Waals surface area contributed by atoms with E-state index in [-0.39, 0.29) is 6.54 Å². The molecule has 2 rings (SSSR count). The van der Waals surface area contributed by atoms with Gasteiger partial charge in [0, 0.05) is 10.5 Å². The molecule has 1 atom stereocenters. The third kappa shape index (κ3) is 2.83. The monoisotopic (exact) mass is 283 g/mol. The van der Waals surface area contributed by atoms with Crippen LogP contribution in [0.25, 0.3) is 0 Å². The molecule has 0 radical (unpaired) electrons. The Morgan fingerprint density at radius 1 is 1.50 bits per heavy atom. The lowest BCUT2D eigenvalue weighted by molar-refractivity contribution is -0.136. The first-order valence-corrected chi connectivity index (χ1v) is 6.17. The van der Waals surface area contributed by atoms with Gasteiger partial charge in [0.1, 0.15) is 0 Å². The van der Waals surface area contributed by atoms with Gasteiger partial charge in [-0.3, -0.25) is 4.79 Å². The Hall–Kier alpha value is -0.870. The van der Waals surface area contributed by atoms with Gasteiger partial charge in [-0.05, 0) is 42.5 Å². The highest BCUT2D eigenvalue weighted by Gasteiger charge is 2.18. The molecule has 0 aromatic heterocycles. The lowest BCUT2D eigenvalue weighted by Crippen LogP contribution is -2.37. The molecule has 0 amide bonds. The summed E-state index contributed by atoms with van der Waals surface area (Å²) in [6.07, 6.45) is 2.96. The Morgan fingerprint density at radius 2 is 2.31 bits per heavy atom. The number of fused-ring (bicyclic) bond motifs is 1. The largest absolute Gasteiger partial charge is 0.480 e. The number of carboxylic acid groups (broad SMARTS) is 1. The van der Waals surface area contributed by atoms with Gasteiger partial charge in [0.2, 0.25) is 0 Å². The van der Waals surface area contributed by atoms with E-state index in [0.29, 0.717) is 6.04 Å². The van der Waals surface area contributed by atoms with Crippen molar-refractivity contribution in [2.75, 3.05) is 6.54 Å². The van der Waals surface area contributed by atoms with Crippen LogP contribution in [0.15, 0.2) is 22.7 Å². The average molecular weight is 284 g/mol. The topological polar surface area (TPSA) is 49.3 Å². The van der Waals surface area contributed by atoms with Crippen LogP contribution in [0, 0.1) is 0 Å². The number of halogens is 1. The van der Waals surface area contributed by atoms with Crippen molar-refractivity contribution in [3.05, 3.63) is 33.8 Å². The summed E-state index contributed by atoms with van der Waals surface area (Å²) in [6.45, 7) is 0.0521. The molecule has 1 aliphatic rings. The number of aryl methyl sites for hydroxylation is 1. The zero-order valence-electron chi connectivity index (χ0n) is 8.87. The van der Waals surface area contributed by atoms with Gasteiger partial charge in [-0.1, -0.05) is 22.0 Å². The van der Waals surface area contributed by atoms with E-state index in [1.807, 2.05) is 6.07 Å². The summed E-state index contributed by atoms with van der Waals surface area (Å²) in [5, 5.41) is 11.7. The molecular weight excluding hydrogens is 270 g/mol. The smallest absolute Gasteiger partial charge is 0.317 e. The van der Waals surface area contributed by atoms with E-state index in [9.17, 15) is 4.79 Å². The van der Waals surface area contributed by atoms with E-state index in [1.54, 1.807) is 0 Å². The van der Waals surface area contributed by atoms with E-state index in [2.05, 4.69) is 33.4 Å². The first-order valence-electron chi connectivity index (χ1n) is 5.37. The molecule has 1 aromatic rings. The number of aliphatic carboxylic acids is 1. The minimum atomic E-state index is -0.790. The molecule has 0 spiro atoms. The maximum atomic E-state index is 10.5. The number of hydrogen-bond acceptors (Lipinski definition) is 2.